The number of nitrogens with zero attached hydrogens (tertiary/aromatic N) is 6. The second kappa shape index (κ2) is 24.2. The number of azide groups is 2. The normalized spacial score (nSPS) is 10.8. The number of ether oxygens (including phenoxy) is 4. The van der Waals surface area contributed by atoms with Crippen LogP contribution in [0.15, 0.2) is 10.2 Å². The van der Waals surface area contributed by atoms with Gasteiger partial charge in [-0.15, -0.1) is 0 Å². The standard InChI is InChI=1S/C11H21N3O3.C10H22N4O2.CH4/c1-11(2,3)10(15)4-6-16-8-9-17-7-5-13-14-12;1-10(2,3)12-4-6-15-8-9-16-7-5-13-14-11;/h4-9H2,1-3H3;12H,4-9H2,1-3H3;1H4. The van der Waals surface area contributed by atoms with Crippen LogP contribution in [0, 0.1) is 5.41 Å². The third-order valence-electron chi connectivity index (χ3n) is 3.75. The highest BCUT2D eigenvalue weighted by Gasteiger charge is 2.20. The van der Waals surface area contributed by atoms with Gasteiger partial charge in [0, 0.05) is 46.8 Å². The van der Waals surface area contributed by atoms with E-state index in [0.29, 0.717) is 72.4 Å². The van der Waals surface area contributed by atoms with Crippen molar-refractivity contribution in [3.05, 3.63) is 20.9 Å². The van der Waals surface area contributed by atoms with Gasteiger partial charge in [0.1, 0.15) is 5.78 Å². The quantitative estimate of drug-likeness (QED) is 0.127. The average Bonchev–Trinajstić information content (AvgIpc) is 2.73. The van der Waals surface area contributed by atoms with E-state index in [1.807, 2.05) is 20.8 Å². The molecule has 0 aliphatic heterocycles. The van der Waals surface area contributed by atoms with Crippen LogP contribution in [-0.2, 0) is 23.7 Å². The molecule has 0 unspecified atom stereocenters. The Morgan fingerprint density at radius 1 is 0.735 bits per heavy atom. The summed E-state index contributed by atoms with van der Waals surface area (Å²) < 4.78 is 20.9. The van der Waals surface area contributed by atoms with Crippen LogP contribution in [0.2, 0.25) is 0 Å². The minimum absolute atomic E-state index is 0. The first-order valence-corrected chi connectivity index (χ1v) is 11.2. The smallest absolute Gasteiger partial charge is 0.140 e. The molecule has 12 nitrogen and oxygen atoms in total. The van der Waals surface area contributed by atoms with E-state index in [-0.39, 0.29) is 24.2 Å². The Labute approximate surface area is 205 Å². The van der Waals surface area contributed by atoms with Gasteiger partial charge in [-0.25, -0.2) is 0 Å². The van der Waals surface area contributed by atoms with Crippen molar-refractivity contribution in [2.75, 3.05) is 72.5 Å². The van der Waals surface area contributed by atoms with Crippen LogP contribution in [0.5, 0.6) is 0 Å². The van der Waals surface area contributed by atoms with E-state index in [4.69, 9.17) is 30.0 Å². The molecule has 12 heteroatoms. The molecule has 0 aromatic heterocycles. The first-order chi connectivity index (χ1) is 15.5. The molecule has 0 amide bonds. The van der Waals surface area contributed by atoms with Crippen LogP contribution < -0.4 is 5.32 Å². The molecule has 0 saturated carbocycles. The number of Topliss-reactive ketones (excluding diaryl/α,β-unsaturated/α-hetero) is 1. The number of hydrogen-bond donors (Lipinski definition) is 1. The second-order valence-corrected chi connectivity index (χ2v) is 8.96. The molecule has 0 aromatic carbocycles. The number of carbonyl (C=O) groups is 1. The number of hydrogen-bond acceptors (Lipinski definition) is 8. The van der Waals surface area contributed by atoms with Gasteiger partial charge in [0.25, 0.3) is 0 Å². The minimum Gasteiger partial charge on any atom is -0.379 e. The summed E-state index contributed by atoms with van der Waals surface area (Å²) in [6, 6.07) is 0. The van der Waals surface area contributed by atoms with Crippen molar-refractivity contribution < 1.29 is 23.7 Å². The van der Waals surface area contributed by atoms with Gasteiger partial charge in [0.15, 0.2) is 0 Å². The van der Waals surface area contributed by atoms with Crippen molar-refractivity contribution >= 4 is 5.78 Å². The van der Waals surface area contributed by atoms with Crippen LogP contribution in [0.3, 0.4) is 0 Å². The molecule has 34 heavy (non-hydrogen) atoms. The third-order valence-corrected chi connectivity index (χ3v) is 3.75. The molecule has 0 heterocycles. The van der Waals surface area contributed by atoms with E-state index in [2.05, 4.69) is 46.1 Å². The zero-order chi connectivity index (χ0) is 25.4. The number of carbonyl (C=O) groups excluding carboxylic acids is 1. The summed E-state index contributed by atoms with van der Waals surface area (Å²) in [4.78, 5) is 16.7. The summed E-state index contributed by atoms with van der Waals surface area (Å²) in [7, 11) is 0. The molecule has 0 radical (unpaired) electrons. The highest BCUT2D eigenvalue weighted by Crippen LogP contribution is 2.16. The molecule has 0 rings (SSSR count). The molecule has 0 bridgehead atoms. The first kappa shape index (κ1) is 36.7. The van der Waals surface area contributed by atoms with Crippen molar-refractivity contribution in [2.24, 2.45) is 15.6 Å². The Hall–Kier alpha value is -1.91. The zero-order valence-electron chi connectivity index (χ0n) is 21.2. The Morgan fingerprint density at radius 2 is 1.15 bits per heavy atom. The monoisotopic (exact) mass is 489 g/mol. The van der Waals surface area contributed by atoms with E-state index >= 15 is 0 Å². The lowest BCUT2D eigenvalue weighted by atomic mass is 9.89. The van der Waals surface area contributed by atoms with E-state index in [9.17, 15) is 4.79 Å². The summed E-state index contributed by atoms with van der Waals surface area (Å²) in [5, 5.41) is 10.00. The average molecular weight is 490 g/mol. The summed E-state index contributed by atoms with van der Waals surface area (Å²) in [6.07, 6.45) is 0.433. The Kier molecular flexibility index (Phi) is 26.1. The number of rotatable bonds is 18. The van der Waals surface area contributed by atoms with Crippen LogP contribution in [0.1, 0.15) is 55.4 Å². The van der Waals surface area contributed by atoms with Gasteiger partial charge in [-0.1, -0.05) is 38.4 Å². The second-order valence-electron chi connectivity index (χ2n) is 8.96. The van der Waals surface area contributed by atoms with Crippen molar-refractivity contribution in [3.8, 4) is 0 Å². The largest absolute Gasteiger partial charge is 0.379 e. The van der Waals surface area contributed by atoms with Gasteiger partial charge >= 0.3 is 0 Å². The highest BCUT2D eigenvalue weighted by atomic mass is 16.5. The zero-order valence-corrected chi connectivity index (χ0v) is 21.2. The van der Waals surface area contributed by atoms with Crippen LogP contribution in [-0.4, -0.2) is 83.8 Å². The fourth-order valence-electron chi connectivity index (χ4n) is 1.98. The molecule has 0 atom stereocenters. The van der Waals surface area contributed by atoms with E-state index in [1.54, 1.807) is 0 Å². The summed E-state index contributed by atoms with van der Waals surface area (Å²) in [6.45, 7) is 17.6. The van der Waals surface area contributed by atoms with Crippen molar-refractivity contribution in [3.63, 3.8) is 0 Å². The molecule has 1 N–H and O–H groups in total. The van der Waals surface area contributed by atoms with Crippen LogP contribution >= 0.6 is 0 Å². The SMILES string of the molecule is C.CC(C)(C)C(=O)CCOCCOCCN=[N+]=[N-].CC(C)(C)NCCOCCOCCN=[N+]=[N-]. The predicted molar refractivity (Wildman–Crippen MR) is 135 cm³/mol. The van der Waals surface area contributed by atoms with Gasteiger partial charge in [-0.3, -0.25) is 4.79 Å². The lowest BCUT2D eigenvalue weighted by Crippen LogP contribution is -2.38. The summed E-state index contributed by atoms with van der Waals surface area (Å²) >= 11 is 0. The number of ketones is 1. The van der Waals surface area contributed by atoms with Gasteiger partial charge in [0.05, 0.1) is 52.9 Å². The van der Waals surface area contributed by atoms with Gasteiger partial charge in [0.2, 0.25) is 0 Å². The summed E-state index contributed by atoms with van der Waals surface area (Å²) in [5.41, 5.74) is 15.8. The topological polar surface area (TPSA) is 164 Å². The van der Waals surface area contributed by atoms with E-state index < -0.39 is 0 Å². The van der Waals surface area contributed by atoms with Gasteiger partial charge in [-0.05, 0) is 31.8 Å². The molecule has 0 aliphatic rings. The fraction of sp³-hybridized carbons (Fsp3) is 0.955. The van der Waals surface area contributed by atoms with Crippen LogP contribution in [0.25, 0.3) is 20.9 Å². The van der Waals surface area contributed by atoms with E-state index in [1.165, 1.54) is 0 Å². The molecule has 0 saturated heterocycles. The van der Waals surface area contributed by atoms with Crippen molar-refractivity contribution in [2.45, 2.75) is 60.9 Å². The molecule has 0 spiro atoms. The van der Waals surface area contributed by atoms with Gasteiger partial charge in [-0.2, -0.15) is 0 Å². The molecule has 200 valence electrons. The maximum atomic E-state index is 11.5. The Morgan fingerprint density at radius 3 is 1.53 bits per heavy atom. The van der Waals surface area contributed by atoms with Crippen molar-refractivity contribution in [1.82, 2.24) is 5.32 Å². The molecule has 0 fully saturated rings. The Bertz CT molecular complexity index is 579. The lowest BCUT2D eigenvalue weighted by molar-refractivity contribution is -0.127. The Balaban J connectivity index is -0.000000550. The van der Waals surface area contributed by atoms with Crippen LogP contribution in [0.4, 0.5) is 0 Å². The molecular weight excluding hydrogens is 442 g/mol. The maximum Gasteiger partial charge on any atom is 0.140 e. The molecule has 0 aliphatic carbocycles. The molecular formula is C22H47N7O5. The predicted octanol–water partition coefficient (Wildman–Crippen LogP) is 4.69. The molecule has 0 aromatic rings. The summed E-state index contributed by atoms with van der Waals surface area (Å²) in [5.74, 6) is 0.196. The fourth-order valence-corrected chi connectivity index (χ4v) is 1.98. The number of nitrogens with one attached hydrogen (secondary N) is 1. The first-order valence-electron chi connectivity index (χ1n) is 11.2. The van der Waals surface area contributed by atoms with Crippen molar-refractivity contribution in [1.29, 1.82) is 0 Å². The third kappa shape index (κ3) is 32.3. The minimum atomic E-state index is -0.296. The lowest BCUT2D eigenvalue weighted by Gasteiger charge is -2.20. The van der Waals surface area contributed by atoms with E-state index in [0.717, 1.165) is 6.54 Å². The van der Waals surface area contributed by atoms with Gasteiger partial charge < -0.3 is 24.3 Å². The highest BCUT2D eigenvalue weighted by molar-refractivity contribution is 5.83. The maximum absolute atomic E-state index is 11.5.